The smallest absolute Gasteiger partial charge is 0.329 e. The summed E-state index contributed by atoms with van der Waals surface area (Å²) in [6.45, 7) is 0.555. The van der Waals surface area contributed by atoms with Crippen molar-refractivity contribution < 1.29 is 18.0 Å². The number of thiophene rings is 1. The molecule has 10 heteroatoms. The molecule has 0 radical (unpaired) electrons. The molecule has 1 N–H and O–H groups in total. The zero-order valence-electron chi connectivity index (χ0n) is 11.7. The summed E-state index contributed by atoms with van der Waals surface area (Å²) in [6, 6.07) is 0.772. The van der Waals surface area contributed by atoms with Crippen LogP contribution in [-0.2, 0) is 11.0 Å². The number of alkyl halides is 3. The average molecular weight is 343 g/mol. The number of amides is 1. The maximum absolute atomic E-state index is 12.5. The number of likely N-dealkylation sites (tertiary alicyclic amines) is 1. The van der Waals surface area contributed by atoms with E-state index in [2.05, 4.69) is 20.6 Å². The Bertz CT molecular complexity index is 710. The molecule has 6 nitrogen and oxygen atoms in total. The van der Waals surface area contributed by atoms with Crippen LogP contribution in [0.15, 0.2) is 17.5 Å². The number of tetrazole rings is 1. The Labute approximate surface area is 133 Å². The highest BCUT2D eigenvalue weighted by molar-refractivity contribution is 7.10. The van der Waals surface area contributed by atoms with Crippen LogP contribution in [0.3, 0.4) is 0 Å². The molecule has 0 aliphatic carbocycles. The fourth-order valence-corrected chi connectivity index (χ4v) is 3.21. The Balaban J connectivity index is 1.70. The van der Waals surface area contributed by atoms with Gasteiger partial charge in [-0.2, -0.15) is 18.4 Å². The number of carbonyl (C=O) groups is 1. The third-order valence-corrected chi connectivity index (χ3v) is 4.51. The van der Waals surface area contributed by atoms with Crippen LogP contribution in [0.2, 0.25) is 0 Å². The number of halogens is 3. The minimum Gasteiger partial charge on any atom is -0.329 e. The lowest BCUT2D eigenvalue weighted by Gasteiger charge is -2.20. The first-order valence-electron chi connectivity index (χ1n) is 6.83. The van der Waals surface area contributed by atoms with Gasteiger partial charge in [-0.25, -0.2) is 0 Å². The van der Waals surface area contributed by atoms with Crippen molar-refractivity contribution in [3.05, 3.63) is 33.8 Å². The summed E-state index contributed by atoms with van der Waals surface area (Å²) in [5.74, 6) is 0.163. The Morgan fingerprint density at radius 2 is 2.30 bits per heavy atom. The number of hydrogen-bond acceptors (Lipinski definition) is 5. The molecule has 1 amide bonds. The van der Waals surface area contributed by atoms with E-state index in [1.807, 2.05) is 0 Å². The molecule has 1 saturated heterocycles. The molecule has 23 heavy (non-hydrogen) atoms. The molecule has 3 rings (SSSR count). The molecule has 0 spiro atoms. The van der Waals surface area contributed by atoms with E-state index in [0.717, 1.165) is 18.9 Å². The maximum Gasteiger partial charge on any atom is 0.425 e. The summed E-state index contributed by atoms with van der Waals surface area (Å²) in [6.07, 6.45) is -0.148. The van der Waals surface area contributed by atoms with E-state index in [-0.39, 0.29) is 11.9 Å². The van der Waals surface area contributed by atoms with E-state index >= 15 is 0 Å². The third kappa shape index (κ3) is 3.41. The summed E-state index contributed by atoms with van der Waals surface area (Å²) in [4.78, 5) is 13.2. The van der Waals surface area contributed by atoms with Crippen LogP contribution in [0.4, 0.5) is 13.2 Å². The Kier molecular flexibility index (Phi) is 4.16. The summed E-state index contributed by atoms with van der Waals surface area (Å²) in [5, 5.41) is 15.0. The van der Waals surface area contributed by atoms with Crippen molar-refractivity contribution in [2.45, 2.75) is 25.1 Å². The van der Waals surface area contributed by atoms with Gasteiger partial charge in [0, 0.05) is 12.6 Å². The predicted molar refractivity (Wildman–Crippen MR) is 76.2 cm³/mol. The fourth-order valence-electron chi connectivity index (χ4n) is 2.46. The quantitative estimate of drug-likeness (QED) is 0.870. The number of carbonyl (C=O) groups excluding carboxylic acids is 1. The number of hydrogen-bond donors (Lipinski definition) is 1. The van der Waals surface area contributed by atoms with Crippen LogP contribution >= 0.6 is 11.3 Å². The normalized spacial score (nSPS) is 18.9. The van der Waals surface area contributed by atoms with Crippen LogP contribution in [0.1, 0.15) is 35.1 Å². The Morgan fingerprint density at radius 1 is 1.48 bits per heavy atom. The Hall–Kier alpha value is -2.23. The monoisotopic (exact) mass is 343 g/mol. The van der Waals surface area contributed by atoms with Crippen LogP contribution in [0.5, 0.6) is 0 Å². The molecule has 2 aromatic rings. The molecule has 2 aromatic heterocycles. The lowest BCUT2D eigenvalue weighted by Crippen LogP contribution is -2.29. The SMILES string of the molecule is O=C(/C=C/c1csc(C(F)(F)F)c1)N1CCCC1c1nn[nH]n1. The molecule has 0 bridgehead atoms. The van der Waals surface area contributed by atoms with E-state index in [4.69, 9.17) is 0 Å². The number of H-pyrrole nitrogens is 1. The number of aromatic amines is 1. The molecule has 122 valence electrons. The zero-order valence-corrected chi connectivity index (χ0v) is 12.6. The van der Waals surface area contributed by atoms with Crippen molar-refractivity contribution in [3.8, 4) is 0 Å². The van der Waals surface area contributed by atoms with Crippen molar-refractivity contribution in [1.82, 2.24) is 25.5 Å². The van der Waals surface area contributed by atoms with E-state index in [1.165, 1.54) is 17.5 Å². The van der Waals surface area contributed by atoms with Crippen molar-refractivity contribution in [1.29, 1.82) is 0 Å². The molecule has 1 fully saturated rings. The van der Waals surface area contributed by atoms with Crippen molar-refractivity contribution in [2.75, 3.05) is 6.54 Å². The van der Waals surface area contributed by atoms with E-state index in [9.17, 15) is 18.0 Å². The van der Waals surface area contributed by atoms with Crippen LogP contribution < -0.4 is 0 Å². The predicted octanol–water partition coefficient (Wildman–Crippen LogP) is 2.66. The molecule has 0 aromatic carbocycles. The first-order valence-corrected chi connectivity index (χ1v) is 7.71. The standard InChI is InChI=1S/C13H12F3N5OS/c14-13(15,16)10-6-8(7-23-10)3-4-11(22)21-5-1-2-9(21)12-17-19-20-18-12/h3-4,6-7,9H,1-2,5H2,(H,17,18,19,20)/b4-3+. The van der Waals surface area contributed by atoms with E-state index in [1.54, 1.807) is 4.90 Å². The number of rotatable bonds is 3. The van der Waals surface area contributed by atoms with Crippen LogP contribution in [0, 0.1) is 0 Å². The molecule has 1 aliphatic heterocycles. The van der Waals surface area contributed by atoms with Gasteiger partial charge in [-0.3, -0.25) is 4.79 Å². The second kappa shape index (κ2) is 6.11. The van der Waals surface area contributed by atoms with Gasteiger partial charge in [0.2, 0.25) is 5.91 Å². The maximum atomic E-state index is 12.5. The fraction of sp³-hybridized carbons (Fsp3) is 0.385. The molecular weight excluding hydrogens is 331 g/mol. The molecule has 1 atom stereocenters. The number of nitrogens with one attached hydrogen (secondary N) is 1. The topological polar surface area (TPSA) is 74.8 Å². The van der Waals surface area contributed by atoms with Crippen molar-refractivity contribution >= 4 is 23.3 Å². The zero-order chi connectivity index (χ0) is 16.4. The minimum absolute atomic E-state index is 0.251. The second-order valence-corrected chi connectivity index (χ2v) is 5.95. The van der Waals surface area contributed by atoms with Gasteiger partial charge in [-0.05, 0) is 35.9 Å². The molecule has 3 heterocycles. The summed E-state index contributed by atoms with van der Waals surface area (Å²) >= 11 is 0.605. The summed E-state index contributed by atoms with van der Waals surface area (Å²) in [7, 11) is 0. The van der Waals surface area contributed by atoms with Gasteiger partial charge in [0.15, 0.2) is 5.82 Å². The second-order valence-electron chi connectivity index (χ2n) is 5.04. The number of aromatic nitrogens is 4. The summed E-state index contributed by atoms with van der Waals surface area (Å²) in [5.41, 5.74) is 0.353. The minimum atomic E-state index is -4.36. The average Bonchev–Trinajstić information content (AvgIpc) is 3.22. The Morgan fingerprint density at radius 3 is 2.96 bits per heavy atom. The van der Waals surface area contributed by atoms with E-state index in [0.29, 0.717) is 29.3 Å². The molecule has 0 saturated carbocycles. The molecule has 1 unspecified atom stereocenters. The summed E-state index contributed by atoms with van der Waals surface area (Å²) < 4.78 is 37.6. The van der Waals surface area contributed by atoms with Gasteiger partial charge < -0.3 is 4.90 Å². The third-order valence-electron chi connectivity index (χ3n) is 3.51. The van der Waals surface area contributed by atoms with Crippen molar-refractivity contribution in [2.24, 2.45) is 0 Å². The van der Waals surface area contributed by atoms with Gasteiger partial charge in [0.1, 0.15) is 4.88 Å². The first kappa shape index (κ1) is 15.7. The highest BCUT2D eigenvalue weighted by Crippen LogP contribution is 2.34. The largest absolute Gasteiger partial charge is 0.425 e. The highest BCUT2D eigenvalue weighted by atomic mass is 32.1. The van der Waals surface area contributed by atoms with Crippen LogP contribution in [0.25, 0.3) is 6.08 Å². The first-order chi connectivity index (χ1) is 10.9. The van der Waals surface area contributed by atoms with E-state index < -0.39 is 11.1 Å². The van der Waals surface area contributed by atoms with Gasteiger partial charge in [-0.15, -0.1) is 21.5 Å². The molecular formula is C13H12F3N5OS. The highest BCUT2D eigenvalue weighted by Gasteiger charge is 2.33. The lowest BCUT2D eigenvalue weighted by molar-refractivity contribution is -0.134. The van der Waals surface area contributed by atoms with Gasteiger partial charge in [0.05, 0.1) is 6.04 Å². The lowest BCUT2D eigenvalue weighted by atomic mass is 10.2. The van der Waals surface area contributed by atoms with Gasteiger partial charge >= 0.3 is 6.18 Å². The van der Waals surface area contributed by atoms with Gasteiger partial charge in [0.25, 0.3) is 0 Å². The van der Waals surface area contributed by atoms with Crippen molar-refractivity contribution in [3.63, 3.8) is 0 Å². The van der Waals surface area contributed by atoms with Crippen LogP contribution in [-0.4, -0.2) is 38.0 Å². The molecule has 1 aliphatic rings. The number of nitrogens with zero attached hydrogens (tertiary/aromatic N) is 4. The van der Waals surface area contributed by atoms with Gasteiger partial charge in [-0.1, -0.05) is 5.21 Å².